The Balaban J connectivity index is 1.41. The summed E-state index contributed by atoms with van der Waals surface area (Å²) in [5.74, 6) is -6.43. The summed E-state index contributed by atoms with van der Waals surface area (Å²) in [5.41, 5.74) is -0.692. The number of rotatable bonds is 21. The molecule has 1 heterocycles. The van der Waals surface area contributed by atoms with Crippen molar-refractivity contribution in [3.05, 3.63) is 77.6 Å². The molecule has 3 aliphatic rings. The first-order valence-corrected chi connectivity index (χ1v) is 22.7. The average Bonchev–Trinajstić information content (AvgIpc) is 4.01. The molecule has 0 aromatic heterocycles. The van der Waals surface area contributed by atoms with E-state index in [1.807, 2.05) is 20.8 Å². The molecule has 3 amide bonds. The highest BCUT2D eigenvalue weighted by atomic mass is 31.2. The summed E-state index contributed by atoms with van der Waals surface area (Å²) in [5, 5.41) is 27.6. The molecule has 2 saturated carbocycles. The third-order valence-electron chi connectivity index (χ3n) is 12.6. The molecule has 15 heteroatoms. The molecule has 0 radical (unpaired) electrons. The van der Waals surface area contributed by atoms with Crippen molar-refractivity contribution in [2.75, 3.05) is 18.0 Å². The van der Waals surface area contributed by atoms with E-state index in [1.165, 1.54) is 24.3 Å². The van der Waals surface area contributed by atoms with Crippen molar-refractivity contribution in [1.29, 1.82) is 0 Å². The van der Waals surface area contributed by atoms with Crippen LogP contribution in [0.5, 0.6) is 0 Å². The Bertz CT molecular complexity index is 1850. The van der Waals surface area contributed by atoms with Crippen molar-refractivity contribution in [3.63, 3.8) is 0 Å². The van der Waals surface area contributed by atoms with Gasteiger partial charge in [0.25, 0.3) is 5.92 Å². The lowest BCUT2D eigenvalue weighted by Crippen LogP contribution is -2.69. The zero-order chi connectivity index (χ0) is 42.4. The maximum Gasteiger partial charge on any atom is 0.293 e. The lowest BCUT2D eigenvalue weighted by Gasteiger charge is -2.47. The Morgan fingerprint density at radius 3 is 2.36 bits per heavy atom. The van der Waals surface area contributed by atoms with Gasteiger partial charge in [-0.05, 0) is 80.1 Å². The van der Waals surface area contributed by atoms with E-state index in [0.29, 0.717) is 43.7 Å². The van der Waals surface area contributed by atoms with Gasteiger partial charge in [0, 0.05) is 41.6 Å². The fourth-order valence-corrected chi connectivity index (χ4v) is 10.4. The van der Waals surface area contributed by atoms with Crippen LogP contribution in [-0.4, -0.2) is 76.0 Å². The van der Waals surface area contributed by atoms with Crippen LogP contribution in [0.15, 0.2) is 55.1 Å². The number of para-hydroxylation sites is 1. The predicted octanol–water partition coefficient (Wildman–Crippen LogP) is 6.45. The summed E-state index contributed by atoms with van der Waals surface area (Å²) >= 11 is 0. The number of carbonyl (C=O) groups is 3. The first-order chi connectivity index (χ1) is 27.5. The smallest absolute Gasteiger partial charge is 0.293 e. The third-order valence-corrected chi connectivity index (χ3v) is 15.2. The van der Waals surface area contributed by atoms with Crippen molar-refractivity contribution >= 4 is 30.8 Å². The number of benzene rings is 2. The normalized spacial score (nSPS) is 23.7. The SMILES string of the molecule is C=CC(F)(F)c1cccc2c1N[C@@H]1CC[C@](NC(=O)[C@@H](NC(=O)Cc3ccccc3F)C(C)CC)(C(O)N[C@H](C(=O)NCCCCP(=O)(O)C3CC3)C(C)CC)CC21. The Hall–Kier alpha value is -3.71. The zero-order valence-corrected chi connectivity index (χ0v) is 34.9. The van der Waals surface area contributed by atoms with E-state index in [4.69, 9.17) is 0 Å². The zero-order valence-electron chi connectivity index (χ0n) is 34.0. The molecule has 5 rings (SSSR count). The number of hydrogen-bond acceptors (Lipinski definition) is 7. The summed E-state index contributed by atoms with van der Waals surface area (Å²) in [7, 11) is -3.17. The molecule has 7 N–H and O–H groups in total. The number of anilines is 1. The van der Waals surface area contributed by atoms with Crippen LogP contribution in [-0.2, 0) is 31.3 Å². The molecular weight excluding hydrogens is 770 g/mol. The first kappa shape index (κ1) is 45.4. The first-order valence-electron chi connectivity index (χ1n) is 20.8. The van der Waals surface area contributed by atoms with Gasteiger partial charge in [0.15, 0.2) is 0 Å². The van der Waals surface area contributed by atoms with Gasteiger partial charge in [0.1, 0.15) is 18.1 Å². The van der Waals surface area contributed by atoms with E-state index in [2.05, 4.69) is 33.2 Å². The van der Waals surface area contributed by atoms with Crippen molar-refractivity contribution in [2.24, 2.45) is 11.8 Å². The summed E-state index contributed by atoms with van der Waals surface area (Å²) in [6.45, 7) is 11.1. The molecule has 11 nitrogen and oxygen atoms in total. The standard InChI is InChI=1S/C43H61F3N5O6P/c1-6-26(4)36(39(53)47-22-11-12-23-58(56,57)29-18-19-29)50-41(55)42(21-20-34-31(25-42)30-15-13-16-32(38(30)48-34)43(45,46)8-3)51-40(54)37(27(5)7-2)49-35(52)24-28-14-9-10-17-33(28)44/h8-10,13-17,26-27,29,31,34,36-37,41,48,50,55H,3,6-7,11-12,18-25H2,1-2,4-5H3,(H,47,53)(H,49,52)(H,51,54)(H,56,57)/t26?,27?,31?,34-,36+,37+,41?,42-/m1/s1. The van der Waals surface area contributed by atoms with Crippen LogP contribution >= 0.6 is 7.37 Å². The lowest BCUT2D eigenvalue weighted by molar-refractivity contribution is -0.134. The second-order valence-corrected chi connectivity index (χ2v) is 19.4. The maximum atomic E-state index is 15.1. The topological polar surface area (TPSA) is 169 Å². The van der Waals surface area contributed by atoms with Gasteiger partial charge in [0.05, 0.1) is 18.0 Å². The number of allylic oxidation sites excluding steroid dienone is 1. The Labute approximate surface area is 340 Å². The summed E-state index contributed by atoms with van der Waals surface area (Å²) in [6, 6.07) is 8.29. The molecular formula is C43H61F3N5O6P. The largest absolute Gasteiger partial charge is 0.381 e. The second kappa shape index (κ2) is 19.1. The highest BCUT2D eigenvalue weighted by Gasteiger charge is 2.52. The van der Waals surface area contributed by atoms with Gasteiger partial charge >= 0.3 is 0 Å². The van der Waals surface area contributed by atoms with Gasteiger partial charge < -0.3 is 31.3 Å². The molecule has 2 aromatic carbocycles. The highest BCUT2D eigenvalue weighted by Crippen LogP contribution is 2.58. The number of aliphatic hydroxyl groups excluding tert-OH is 1. The van der Waals surface area contributed by atoms with E-state index in [9.17, 15) is 33.3 Å². The number of nitrogens with one attached hydrogen (secondary N) is 5. The lowest BCUT2D eigenvalue weighted by atomic mass is 9.70. The molecule has 0 bridgehead atoms. The van der Waals surface area contributed by atoms with Crippen LogP contribution in [0.1, 0.15) is 108 Å². The van der Waals surface area contributed by atoms with Crippen LogP contribution in [0.25, 0.3) is 0 Å². The quantitative estimate of drug-likeness (QED) is 0.0326. The number of aliphatic hydroxyl groups is 1. The van der Waals surface area contributed by atoms with E-state index in [1.54, 1.807) is 25.1 Å². The molecule has 320 valence electrons. The number of amides is 3. The third kappa shape index (κ3) is 10.5. The Morgan fingerprint density at radius 2 is 1.71 bits per heavy atom. The summed E-state index contributed by atoms with van der Waals surface area (Å²) in [6.07, 6.45) is 3.26. The number of alkyl halides is 2. The molecule has 9 atom stereocenters. The van der Waals surface area contributed by atoms with Gasteiger partial charge in [-0.15, -0.1) is 0 Å². The molecule has 5 unspecified atom stereocenters. The minimum absolute atomic E-state index is 0.105. The fourth-order valence-electron chi connectivity index (χ4n) is 8.37. The van der Waals surface area contributed by atoms with Crippen LogP contribution in [0, 0.1) is 17.7 Å². The van der Waals surface area contributed by atoms with E-state index in [-0.39, 0.29) is 78.2 Å². The van der Waals surface area contributed by atoms with Gasteiger partial charge in [-0.25, -0.2) is 4.39 Å². The number of hydrogen-bond donors (Lipinski definition) is 7. The molecule has 0 spiro atoms. The van der Waals surface area contributed by atoms with Crippen molar-refractivity contribution in [2.45, 2.75) is 139 Å². The van der Waals surface area contributed by atoms with Crippen LogP contribution < -0.4 is 26.6 Å². The van der Waals surface area contributed by atoms with Gasteiger partial charge in [0.2, 0.25) is 25.1 Å². The number of unbranched alkanes of at least 4 members (excludes halogenated alkanes) is 1. The average molecular weight is 832 g/mol. The van der Waals surface area contributed by atoms with Gasteiger partial charge in [-0.2, -0.15) is 8.78 Å². The maximum absolute atomic E-state index is 15.1. The summed E-state index contributed by atoms with van der Waals surface area (Å²) < 4.78 is 57.1. The summed E-state index contributed by atoms with van der Waals surface area (Å²) in [4.78, 5) is 51.8. The minimum atomic E-state index is -3.31. The Morgan fingerprint density at radius 1 is 1.02 bits per heavy atom. The van der Waals surface area contributed by atoms with Gasteiger partial charge in [-0.1, -0.05) is 83.5 Å². The molecule has 2 fully saturated rings. The molecule has 0 saturated heterocycles. The fraction of sp³-hybridized carbons (Fsp3) is 0.605. The Kier molecular flexibility index (Phi) is 15.0. The van der Waals surface area contributed by atoms with E-state index < -0.39 is 60.7 Å². The second-order valence-electron chi connectivity index (χ2n) is 16.7. The van der Waals surface area contributed by atoms with Crippen LogP contribution in [0.4, 0.5) is 18.9 Å². The van der Waals surface area contributed by atoms with E-state index >= 15 is 8.78 Å². The number of halogens is 3. The molecule has 2 aliphatic carbocycles. The highest BCUT2D eigenvalue weighted by molar-refractivity contribution is 7.59. The predicted molar refractivity (Wildman–Crippen MR) is 219 cm³/mol. The van der Waals surface area contributed by atoms with Crippen molar-refractivity contribution < 1.29 is 42.1 Å². The van der Waals surface area contributed by atoms with Gasteiger partial charge in [-0.3, -0.25) is 24.3 Å². The van der Waals surface area contributed by atoms with Crippen molar-refractivity contribution in [1.82, 2.24) is 21.3 Å². The molecule has 2 aromatic rings. The minimum Gasteiger partial charge on any atom is -0.381 e. The van der Waals surface area contributed by atoms with E-state index in [0.717, 1.165) is 12.8 Å². The van der Waals surface area contributed by atoms with Crippen molar-refractivity contribution in [3.8, 4) is 0 Å². The molecule has 1 aliphatic heterocycles. The number of carbonyl (C=O) groups excluding carboxylic acids is 3. The van der Waals surface area contributed by atoms with Crippen LogP contribution in [0.2, 0.25) is 0 Å². The molecule has 58 heavy (non-hydrogen) atoms. The number of fused-ring (bicyclic) bond motifs is 3. The van der Waals surface area contributed by atoms with Crippen LogP contribution in [0.3, 0.4) is 0 Å². The monoisotopic (exact) mass is 831 g/mol.